The lowest BCUT2D eigenvalue weighted by Gasteiger charge is -2.26. The van der Waals surface area contributed by atoms with Crippen molar-refractivity contribution in [1.29, 1.82) is 0 Å². The van der Waals surface area contributed by atoms with E-state index in [9.17, 15) is 14.7 Å². The molecular formula is C21H21NO5. The van der Waals surface area contributed by atoms with Crippen LogP contribution in [0.5, 0.6) is 5.75 Å². The van der Waals surface area contributed by atoms with Crippen LogP contribution in [0.15, 0.2) is 60.2 Å². The number of nitrogens with zero attached hydrogens (tertiary/aromatic N) is 1. The monoisotopic (exact) mass is 367 g/mol. The quantitative estimate of drug-likeness (QED) is 0.483. The first-order chi connectivity index (χ1) is 13.1. The number of para-hydroxylation sites is 1. The molecule has 3 rings (SSSR count). The van der Waals surface area contributed by atoms with Crippen molar-refractivity contribution in [2.75, 3.05) is 27.4 Å². The highest BCUT2D eigenvalue weighted by Crippen LogP contribution is 2.42. The number of aliphatic hydroxyl groups is 1. The number of likely N-dealkylation sites (tertiary alicyclic amines) is 1. The summed E-state index contributed by atoms with van der Waals surface area (Å²) in [6.07, 6.45) is 0. The van der Waals surface area contributed by atoms with Crippen molar-refractivity contribution >= 4 is 17.4 Å². The van der Waals surface area contributed by atoms with Gasteiger partial charge in [0.05, 0.1) is 25.3 Å². The van der Waals surface area contributed by atoms with Crippen molar-refractivity contribution in [3.8, 4) is 5.75 Å². The Morgan fingerprint density at radius 2 is 1.70 bits per heavy atom. The van der Waals surface area contributed by atoms with Crippen LogP contribution in [0.3, 0.4) is 0 Å². The molecule has 1 heterocycles. The number of rotatable bonds is 6. The van der Waals surface area contributed by atoms with Gasteiger partial charge in [-0.15, -0.1) is 0 Å². The number of hydrogen-bond acceptors (Lipinski definition) is 5. The van der Waals surface area contributed by atoms with Gasteiger partial charge in [-0.2, -0.15) is 0 Å². The summed E-state index contributed by atoms with van der Waals surface area (Å²) < 4.78 is 10.5. The van der Waals surface area contributed by atoms with Crippen LogP contribution in [-0.4, -0.2) is 49.1 Å². The standard InChI is InChI=1S/C21H21NO5/c1-26-13-12-22-18(15-10-6-7-11-16(15)27-2)17(20(24)21(22)25)19(23)14-8-4-3-5-9-14/h3-11,18,23H,12-13H2,1-2H3/b19-17+. The smallest absolute Gasteiger partial charge is 0.295 e. The topological polar surface area (TPSA) is 76.1 Å². The van der Waals surface area contributed by atoms with E-state index in [0.717, 1.165) is 0 Å². The fourth-order valence-electron chi connectivity index (χ4n) is 3.27. The van der Waals surface area contributed by atoms with Gasteiger partial charge in [-0.05, 0) is 6.07 Å². The molecule has 1 aliphatic rings. The zero-order valence-electron chi connectivity index (χ0n) is 15.2. The summed E-state index contributed by atoms with van der Waals surface area (Å²) in [6.45, 7) is 0.486. The molecule has 0 radical (unpaired) electrons. The van der Waals surface area contributed by atoms with E-state index in [0.29, 0.717) is 16.9 Å². The second kappa shape index (κ2) is 8.05. The normalized spacial score (nSPS) is 18.7. The highest BCUT2D eigenvalue weighted by Gasteiger charge is 2.46. The molecule has 0 aromatic heterocycles. The summed E-state index contributed by atoms with van der Waals surface area (Å²) in [5.41, 5.74) is 1.15. The summed E-state index contributed by atoms with van der Waals surface area (Å²) in [4.78, 5) is 26.9. The first-order valence-corrected chi connectivity index (χ1v) is 8.55. The summed E-state index contributed by atoms with van der Waals surface area (Å²) in [6, 6.07) is 15.1. The first-order valence-electron chi connectivity index (χ1n) is 8.55. The Kier molecular flexibility index (Phi) is 5.57. The second-order valence-corrected chi connectivity index (χ2v) is 6.09. The van der Waals surface area contributed by atoms with Gasteiger partial charge in [-0.25, -0.2) is 0 Å². The van der Waals surface area contributed by atoms with Crippen LogP contribution in [0.4, 0.5) is 0 Å². The van der Waals surface area contributed by atoms with Crippen LogP contribution in [0.1, 0.15) is 17.2 Å². The molecule has 1 N–H and O–H groups in total. The molecule has 6 nitrogen and oxygen atoms in total. The molecular weight excluding hydrogens is 346 g/mol. The minimum absolute atomic E-state index is 0.0480. The van der Waals surface area contributed by atoms with Gasteiger partial charge in [0.1, 0.15) is 11.5 Å². The molecule has 2 aromatic rings. The fraction of sp³-hybridized carbons (Fsp3) is 0.238. The highest BCUT2D eigenvalue weighted by atomic mass is 16.5. The highest BCUT2D eigenvalue weighted by molar-refractivity contribution is 6.46. The van der Waals surface area contributed by atoms with Crippen molar-refractivity contribution < 1.29 is 24.2 Å². The maximum atomic E-state index is 12.8. The van der Waals surface area contributed by atoms with Gasteiger partial charge in [0.15, 0.2) is 0 Å². The Morgan fingerprint density at radius 3 is 2.37 bits per heavy atom. The maximum Gasteiger partial charge on any atom is 0.295 e. The molecule has 27 heavy (non-hydrogen) atoms. The summed E-state index contributed by atoms with van der Waals surface area (Å²) in [7, 11) is 3.05. The molecule has 1 aliphatic heterocycles. The number of Topliss-reactive ketones (excluding diaryl/α,β-unsaturated/α-hetero) is 1. The van der Waals surface area contributed by atoms with E-state index in [1.54, 1.807) is 48.5 Å². The molecule has 2 aromatic carbocycles. The third-order valence-corrected chi connectivity index (χ3v) is 4.56. The zero-order chi connectivity index (χ0) is 19.4. The second-order valence-electron chi connectivity index (χ2n) is 6.09. The minimum atomic E-state index is -0.753. The van der Waals surface area contributed by atoms with Crippen molar-refractivity contribution in [3.05, 3.63) is 71.3 Å². The number of benzene rings is 2. The molecule has 6 heteroatoms. The third kappa shape index (κ3) is 3.44. The SMILES string of the molecule is COCCN1C(=O)C(=O)/C(=C(/O)c2ccccc2)C1c1ccccc1OC. The van der Waals surface area contributed by atoms with E-state index in [1.807, 2.05) is 6.07 Å². The lowest BCUT2D eigenvalue weighted by atomic mass is 9.94. The van der Waals surface area contributed by atoms with Crippen LogP contribution in [0.2, 0.25) is 0 Å². The van der Waals surface area contributed by atoms with Gasteiger partial charge in [0.25, 0.3) is 11.7 Å². The molecule has 0 bridgehead atoms. The van der Waals surface area contributed by atoms with Gasteiger partial charge in [-0.3, -0.25) is 9.59 Å². The number of amides is 1. The predicted octanol–water partition coefficient (Wildman–Crippen LogP) is 2.76. The Labute approximate surface area is 157 Å². The summed E-state index contributed by atoms with van der Waals surface area (Å²) in [5, 5.41) is 10.9. The largest absolute Gasteiger partial charge is 0.507 e. The number of hydrogen-bond donors (Lipinski definition) is 1. The van der Waals surface area contributed by atoms with E-state index in [-0.39, 0.29) is 24.5 Å². The number of methoxy groups -OCH3 is 2. The third-order valence-electron chi connectivity index (χ3n) is 4.56. The predicted molar refractivity (Wildman–Crippen MR) is 100 cm³/mol. The number of carbonyl (C=O) groups is 2. The molecule has 1 fully saturated rings. The fourth-order valence-corrected chi connectivity index (χ4v) is 3.27. The molecule has 1 atom stereocenters. The molecule has 0 saturated carbocycles. The maximum absolute atomic E-state index is 12.8. The van der Waals surface area contributed by atoms with E-state index in [1.165, 1.54) is 19.1 Å². The molecule has 1 saturated heterocycles. The number of ether oxygens (including phenoxy) is 2. The van der Waals surface area contributed by atoms with Crippen LogP contribution >= 0.6 is 0 Å². The van der Waals surface area contributed by atoms with Gasteiger partial charge in [-0.1, -0.05) is 48.5 Å². The Morgan fingerprint density at radius 1 is 1.04 bits per heavy atom. The lowest BCUT2D eigenvalue weighted by molar-refractivity contribution is -0.140. The Hall–Kier alpha value is -3.12. The summed E-state index contributed by atoms with van der Waals surface area (Å²) >= 11 is 0. The molecule has 1 amide bonds. The average Bonchev–Trinajstić information content (AvgIpc) is 2.96. The van der Waals surface area contributed by atoms with Gasteiger partial charge in [0.2, 0.25) is 0 Å². The Bertz CT molecular complexity index is 875. The summed E-state index contributed by atoms with van der Waals surface area (Å²) in [5.74, 6) is -1.06. The van der Waals surface area contributed by atoms with E-state index in [2.05, 4.69) is 0 Å². The van der Waals surface area contributed by atoms with Crippen LogP contribution in [0, 0.1) is 0 Å². The molecule has 1 unspecified atom stereocenters. The van der Waals surface area contributed by atoms with Crippen molar-refractivity contribution in [2.45, 2.75) is 6.04 Å². The number of aliphatic hydroxyl groups excluding tert-OH is 1. The van der Waals surface area contributed by atoms with Gasteiger partial charge < -0.3 is 19.5 Å². The number of ketones is 1. The van der Waals surface area contributed by atoms with Gasteiger partial charge in [0, 0.05) is 24.8 Å². The molecule has 140 valence electrons. The van der Waals surface area contributed by atoms with Gasteiger partial charge >= 0.3 is 0 Å². The molecule has 0 aliphatic carbocycles. The zero-order valence-corrected chi connectivity index (χ0v) is 15.2. The lowest BCUT2D eigenvalue weighted by Crippen LogP contribution is -2.32. The van der Waals surface area contributed by atoms with E-state index in [4.69, 9.17) is 9.47 Å². The van der Waals surface area contributed by atoms with Crippen molar-refractivity contribution in [3.63, 3.8) is 0 Å². The van der Waals surface area contributed by atoms with Crippen LogP contribution < -0.4 is 4.74 Å². The van der Waals surface area contributed by atoms with Crippen molar-refractivity contribution in [1.82, 2.24) is 4.90 Å². The van der Waals surface area contributed by atoms with Crippen molar-refractivity contribution in [2.24, 2.45) is 0 Å². The Balaban J connectivity index is 2.20. The number of carbonyl (C=O) groups excluding carboxylic acids is 2. The first kappa shape index (κ1) is 18.7. The van der Waals surface area contributed by atoms with E-state index < -0.39 is 17.7 Å². The molecule has 0 spiro atoms. The van der Waals surface area contributed by atoms with Crippen LogP contribution in [0.25, 0.3) is 5.76 Å². The average molecular weight is 367 g/mol. The minimum Gasteiger partial charge on any atom is -0.507 e. The van der Waals surface area contributed by atoms with E-state index >= 15 is 0 Å². The van der Waals surface area contributed by atoms with Crippen LogP contribution in [-0.2, 0) is 14.3 Å².